The Morgan fingerprint density at radius 2 is 1.81 bits per heavy atom. The van der Waals surface area contributed by atoms with Crippen LogP contribution in [0.1, 0.15) is 45.1 Å². The highest BCUT2D eigenvalue weighted by atomic mass is 16.2. The summed E-state index contributed by atoms with van der Waals surface area (Å²) in [6.45, 7) is 4.49. The lowest BCUT2D eigenvalue weighted by molar-refractivity contribution is -0.132. The highest BCUT2D eigenvalue weighted by molar-refractivity contribution is 5.94. The maximum atomic E-state index is 13.2. The van der Waals surface area contributed by atoms with Crippen LogP contribution in [0.4, 0.5) is 0 Å². The zero-order chi connectivity index (χ0) is 25.6. The minimum absolute atomic E-state index is 0.0532. The Hall–Kier alpha value is -4.27. The molecule has 1 aliphatic rings. The highest BCUT2D eigenvalue weighted by Gasteiger charge is 2.30. The van der Waals surface area contributed by atoms with Crippen LogP contribution in [-0.2, 0) is 43.8 Å². The number of aromatic nitrogens is 5. The van der Waals surface area contributed by atoms with Crippen LogP contribution >= 0.6 is 0 Å². The largest absolute Gasteiger partial charge is 0.345 e. The van der Waals surface area contributed by atoms with Crippen molar-refractivity contribution >= 4 is 11.8 Å². The van der Waals surface area contributed by atoms with Crippen molar-refractivity contribution in [2.75, 3.05) is 6.54 Å². The third-order valence-electron chi connectivity index (χ3n) is 6.78. The minimum atomic E-state index is -0.248. The van der Waals surface area contributed by atoms with Gasteiger partial charge in [0.15, 0.2) is 5.69 Å². The van der Waals surface area contributed by atoms with Gasteiger partial charge in [-0.3, -0.25) is 23.9 Å². The summed E-state index contributed by atoms with van der Waals surface area (Å²) < 4.78 is 3.79. The van der Waals surface area contributed by atoms with E-state index in [1.807, 2.05) is 63.7 Å². The molecule has 2 amide bonds. The number of fused-ring (bicyclic) bond motifs is 1. The van der Waals surface area contributed by atoms with Gasteiger partial charge in [0, 0.05) is 68.4 Å². The Balaban J connectivity index is 1.33. The molecule has 1 aromatic carbocycles. The zero-order valence-electron chi connectivity index (χ0n) is 21.0. The maximum Gasteiger partial charge on any atom is 0.272 e. The number of carbonyl (C=O) groups excluding carboxylic acids is 2. The van der Waals surface area contributed by atoms with Gasteiger partial charge in [-0.25, -0.2) is 0 Å². The van der Waals surface area contributed by atoms with Gasteiger partial charge in [0.05, 0.1) is 12.2 Å². The van der Waals surface area contributed by atoms with Gasteiger partial charge in [-0.15, -0.1) is 0 Å². The van der Waals surface area contributed by atoms with Gasteiger partial charge in [-0.05, 0) is 37.1 Å². The monoisotopic (exact) mass is 497 g/mol. The summed E-state index contributed by atoms with van der Waals surface area (Å²) in [5.74, 6) is -0.195. The van der Waals surface area contributed by atoms with Gasteiger partial charge >= 0.3 is 0 Å². The zero-order valence-corrected chi connectivity index (χ0v) is 21.0. The van der Waals surface area contributed by atoms with E-state index >= 15 is 0 Å². The van der Waals surface area contributed by atoms with E-state index in [1.165, 1.54) is 5.56 Å². The molecule has 190 valence electrons. The van der Waals surface area contributed by atoms with Crippen LogP contribution in [0.15, 0.2) is 67.0 Å². The summed E-state index contributed by atoms with van der Waals surface area (Å²) >= 11 is 0. The molecule has 9 heteroatoms. The first-order chi connectivity index (χ1) is 18.1. The van der Waals surface area contributed by atoms with Gasteiger partial charge in [-0.2, -0.15) is 10.2 Å². The fourth-order valence-electron chi connectivity index (χ4n) is 4.70. The van der Waals surface area contributed by atoms with E-state index < -0.39 is 0 Å². The van der Waals surface area contributed by atoms with Gasteiger partial charge in [0.25, 0.3) is 5.91 Å². The van der Waals surface area contributed by atoms with Crippen molar-refractivity contribution in [1.29, 1.82) is 0 Å². The molecule has 9 nitrogen and oxygen atoms in total. The topological polar surface area (TPSA) is 97.9 Å². The number of aryl methyl sites for hydroxylation is 4. The lowest BCUT2D eigenvalue weighted by Crippen LogP contribution is -2.37. The molecule has 37 heavy (non-hydrogen) atoms. The number of nitrogens with zero attached hydrogens (tertiary/aromatic N) is 6. The van der Waals surface area contributed by atoms with E-state index in [-0.39, 0.29) is 11.8 Å². The van der Waals surface area contributed by atoms with Gasteiger partial charge in [0.1, 0.15) is 0 Å². The Morgan fingerprint density at radius 1 is 0.973 bits per heavy atom. The molecule has 0 atom stereocenters. The number of nitrogens with one attached hydrogen (secondary N) is 1. The molecule has 0 radical (unpaired) electrons. The fraction of sp³-hybridized carbons (Fsp3) is 0.321. The third kappa shape index (κ3) is 5.77. The summed E-state index contributed by atoms with van der Waals surface area (Å²) in [6, 6.07) is 17.8. The summed E-state index contributed by atoms with van der Waals surface area (Å²) in [5.41, 5.74) is 5.28. The van der Waals surface area contributed by atoms with Crippen LogP contribution in [0.25, 0.3) is 0 Å². The number of amides is 2. The normalized spacial score (nSPS) is 12.8. The van der Waals surface area contributed by atoms with Crippen molar-refractivity contribution < 1.29 is 9.59 Å². The number of hydrogen-bond acceptors (Lipinski definition) is 5. The van der Waals surface area contributed by atoms with Gasteiger partial charge in [-0.1, -0.05) is 36.4 Å². The van der Waals surface area contributed by atoms with Gasteiger partial charge < -0.3 is 10.2 Å². The van der Waals surface area contributed by atoms with Crippen LogP contribution in [0.5, 0.6) is 0 Å². The predicted molar refractivity (Wildman–Crippen MR) is 138 cm³/mol. The third-order valence-corrected chi connectivity index (χ3v) is 6.78. The SMILES string of the molecule is Cc1ccnn1CCC(=O)N1CCc2c(c(C(=O)NCc3ccccn3)nn2CCc2ccccc2)C1. The second-order valence-corrected chi connectivity index (χ2v) is 9.25. The van der Waals surface area contributed by atoms with Crippen LogP contribution in [0, 0.1) is 6.92 Å². The average Bonchev–Trinajstić information content (AvgIpc) is 3.52. The Labute approximate surface area is 216 Å². The second kappa shape index (κ2) is 11.2. The maximum absolute atomic E-state index is 13.2. The molecule has 4 aromatic rings. The quantitative estimate of drug-likeness (QED) is 0.383. The number of hydrogen-bond donors (Lipinski definition) is 1. The smallest absolute Gasteiger partial charge is 0.272 e. The Bertz CT molecular complexity index is 1360. The molecular weight excluding hydrogens is 466 g/mol. The predicted octanol–water partition coefficient (Wildman–Crippen LogP) is 2.93. The minimum Gasteiger partial charge on any atom is -0.345 e. The van der Waals surface area contributed by atoms with Crippen LogP contribution in [0.3, 0.4) is 0 Å². The van der Waals surface area contributed by atoms with Crippen molar-refractivity contribution in [2.24, 2.45) is 0 Å². The van der Waals surface area contributed by atoms with Crippen molar-refractivity contribution in [3.63, 3.8) is 0 Å². The molecule has 0 aliphatic carbocycles. The van der Waals surface area contributed by atoms with E-state index in [4.69, 9.17) is 5.10 Å². The van der Waals surface area contributed by atoms with E-state index in [2.05, 4.69) is 27.5 Å². The standard InChI is InChI=1S/C28H31N7O2/c1-21-10-15-31-34(21)18-13-26(36)33-16-12-25-24(20-33)27(28(37)30-19-23-9-5-6-14-29-23)32-35(25)17-11-22-7-3-2-4-8-22/h2-10,14-15H,11-13,16-20H2,1H3,(H,30,37). The van der Waals surface area contributed by atoms with E-state index in [0.29, 0.717) is 51.3 Å². The van der Waals surface area contributed by atoms with E-state index in [1.54, 1.807) is 12.4 Å². The lowest BCUT2D eigenvalue weighted by atomic mass is 10.0. The van der Waals surface area contributed by atoms with E-state index in [9.17, 15) is 9.59 Å². The molecule has 1 N–H and O–H groups in total. The fourth-order valence-corrected chi connectivity index (χ4v) is 4.70. The lowest BCUT2D eigenvalue weighted by Gasteiger charge is -2.28. The highest BCUT2D eigenvalue weighted by Crippen LogP contribution is 2.24. The Kier molecular flexibility index (Phi) is 7.39. The molecule has 4 heterocycles. The first-order valence-electron chi connectivity index (χ1n) is 12.7. The molecule has 0 bridgehead atoms. The molecule has 0 fully saturated rings. The van der Waals surface area contributed by atoms with Crippen molar-refractivity contribution in [3.05, 3.63) is 101 Å². The molecule has 3 aromatic heterocycles. The summed E-state index contributed by atoms with van der Waals surface area (Å²) in [6.07, 6.45) is 5.29. The molecule has 5 rings (SSSR count). The van der Waals surface area contributed by atoms with Crippen molar-refractivity contribution in [1.82, 2.24) is 34.8 Å². The van der Waals surface area contributed by atoms with Gasteiger partial charge in [0.2, 0.25) is 5.91 Å². The van der Waals surface area contributed by atoms with Crippen LogP contribution in [0.2, 0.25) is 0 Å². The number of pyridine rings is 1. The summed E-state index contributed by atoms with van der Waals surface area (Å²) in [5, 5.41) is 12.0. The van der Waals surface area contributed by atoms with Crippen molar-refractivity contribution in [3.8, 4) is 0 Å². The van der Waals surface area contributed by atoms with Crippen LogP contribution in [-0.4, -0.2) is 47.8 Å². The summed E-state index contributed by atoms with van der Waals surface area (Å²) in [7, 11) is 0. The number of benzene rings is 1. The molecular formula is C28H31N7O2. The second-order valence-electron chi connectivity index (χ2n) is 9.25. The van der Waals surface area contributed by atoms with Crippen LogP contribution < -0.4 is 5.32 Å². The Morgan fingerprint density at radius 3 is 2.57 bits per heavy atom. The number of carbonyl (C=O) groups is 2. The number of rotatable bonds is 9. The average molecular weight is 498 g/mol. The molecule has 0 unspecified atom stereocenters. The molecule has 0 saturated carbocycles. The molecule has 0 saturated heterocycles. The van der Waals surface area contributed by atoms with Crippen molar-refractivity contribution in [2.45, 2.75) is 52.4 Å². The first-order valence-corrected chi connectivity index (χ1v) is 12.7. The first kappa shape index (κ1) is 24.4. The molecule has 0 spiro atoms. The summed E-state index contributed by atoms with van der Waals surface area (Å²) in [4.78, 5) is 32.4. The van der Waals surface area contributed by atoms with E-state index in [0.717, 1.165) is 29.1 Å². The molecule has 1 aliphatic heterocycles.